The highest BCUT2D eigenvalue weighted by Gasteiger charge is 2.21. The van der Waals surface area contributed by atoms with E-state index in [1.54, 1.807) is 0 Å². The van der Waals surface area contributed by atoms with Crippen LogP contribution in [0.5, 0.6) is 0 Å². The Morgan fingerprint density at radius 1 is 0.558 bits per heavy atom. The molecule has 1 aliphatic carbocycles. The maximum atomic E-state index is 6.46. The molecule has 8 rings (SSSR count). The van der Waals surface area contributed by atoms with Crippen molar-refractivity contribution >= 4 is 27.5 Å². The van der Waals surface area contributed by atoms with Crippen molar-refractivity contribution in [2.75, 3.05) is 0 Å². The van der Waals surface area contributed by atoms with Gasteiger partial charge in [-0.3, -0.25) is 0 Å². The first-order valence-electron chi connectivity index (χ1n) is 14.6. The second-order valence-electron chi connectivity index (χ2n) is 10.8. The highest BCUT2D eigenvalue weighted by atomic mass is 16.3. The fraction of sp³-hybridized carbons (Fsp3) is 0.0513. The Morgan fingerprint density at radius 3 is 1.77 bits per heavy atom. The van der Waals surface area contributed by atoms with Crippen LogP contribution in [0.15, 0.2) is 150 Å². The molecule has 0 saturated carbocycles. The standard InChI is InChI=1S/C39H27N3O/c1-4-12-26(13-5-1)27-20-22-28(23-21-27)31-24-33(36-32-18-10-11-19-34(32)43-35(36)25-31)39-41-37(29-14-6-2-7-15-29)40-38(42-39)30-16-8-3-9-17-30/h1-22,24-25,28H,23H2. The summed E-state index contributed by atoms with van der Waals surface area (Å²) in [4.78, 5) is 15.1. The van der Waals surface area contributed by atoms with E-state index in [4.69, 9.17) is 19.4 Å². The summed E-state index contributed by atoms with van der Waals surface area (Å²) in [6.07, 6.45) is 7.75. The SMILES string of the molecule is C1=CC(c2cc(-c3nc(-c4ccccc4)nc(-c4ccccc4)n3)c3c(c2)oc2ccccc23)CC=C1c1ccccc1. The number of benzene rings is 5. The van der Waals surface area contributed by atoms with Crippen molar-refractivity contribution < 1.29 is 4.42 Å². The van der Waals surface area contributed by atoms with Gasteiger partial charge in [0, 0.05) is 33.4 Å². The maximum absolute atomic E-state index is 6.46. The first kappa shape index (κ1) is 25.1. The molecule has 0 aliphatic heterocycles. The van der Waals surface area contributed by atoms with E-state index >= 15 is 0 Å². The van der Waals surface area contributed by atoms with E-state index in [2.05, 4.69) is 66.8 Å². The molecule has 0 N–H and O–H groups in total. The van der Waals surface area contributed by atoms with Crippen LogP contribution in [0, 0.1) is 0 Å². The van der Waals surface area contributed by atoms with Crippen molar-refractivity contribution in [1.82, 2.24) is 15.0 Å². The Hall–Kier alpha value is -5.61. The summed E-state index contributed by atoms with van der Waals surface area (Å²) in [6.45, 7) is 0. The number of para-hydroxylation sites is 1. The lowest BCUT2D eigenvalue weighted by molar-refractivity contribution is 0.667. The minimum atomic E-state index is 0.202. The summed E-state index contributed by atoms with van der Waals surface area (Å²) in [5.41, 5.74) is 8.18. The van der Waals surface area contributed by atoms with Crippen LogP contribution >= 0.6 is 0 Å². The van der Waals surface area contributed by atoms with E-state index in [0.717, 1.165) is 45.0 Å². The molecule has 1 atom stereocenters. The van der Waals surface area contributed by atoms with Gasteiger partial charge in [0.1, 0.15) is 11.2 Å². The molecule has 0 bridgehead atoms. The van der Waals surface area contributed by atoms with E-state index in [1.807, 2.05) is 78.9 Å². The van der Waals surface area contributed by atoms with Crippen LogP contribution in [0.1, 0.15) is 23.5 Å². The van der Waals surface area contributed by atoms with Gasteiger partial charge in [-0.1, -0.05) is 127 Å². The van der Waals surface area contributed by atoms with Crippen molar-refractivity contribution in [3.05, 3.63) is 157 Å². The van der Waals surface area contributed by atoms with E-state index in [0.29, 0.717) is 17.5 Å². The predicted octanol–water partition coefficient (Wildman–Crippen LogP) is 9.90. The molecule has 1 unspecified atom stereocenters. The Morgan fingerprint density at radius 2 is 1.14 bits per heavy atom. The lowest BCUT2D eigenvalue weighted by Crippen LogP contribution is -2.02. The predicted molar refractivity (Wildman–Crippen MR) is 174 cm³/mol. The van der Waals surface area contributed by atoms with Gasteiger partial charge >= 0.3 is 0 Å². The molecule has 2 heterocycles. The Balaban J connectivity index is 1.32. The van der Waals surface area contributed by atoms with E-state index in [-0.39, 0.29) is 5.92 Å². The Bertz CT molecular complexity index is 2090. The molecule has 0 amide bonds. The third kappa shape index (κ3) is 4.73. The number of rotatable bonds is 5. The maximum Gasteiger partial charge on any atom is 0.164 e. The van der Waals surface area contributed by atoms with Crippen molar-refractivity contribution in [3.63, 3.8) is 0 Å². The fourth-order valence-corrected chi connectivity index (χ4v) is 5.91. The van der Waals surface area contributed by atoms with Gasteiger partial charge in [0.15, 0.2) is 17.5 Å². The smallest absolute Gasteiger partial charge is 0.164 e. The van der Waals surface area contributed by atoms with Crippen LogP contribution in [0.25, 0.3) is 61.7 Å². The van der Waals surface area contributed by atoms with Crippen LogP contribution < -0.4 is 0 Å². The van der Waals surface area contributed by atoms with Gasteiger partial charge in [-0.05, 0) is 41.3 Å². The first-order valence-corrected chi connectivity index (χ1v) is 14.6. The summed E-state index contributed by atoms with van der Waals surface area (Å²) < 4.78 is 6.46. The zero-order valence-electron chi connectivity index (χ0n) is 23.4. The molecule has 4 nitrogen and oxygen atoms in total. The number of fused-ring (bicyclic) bond motifs is 3. The lowest BCUT2D eigenvalue weighted by atomic mass is 9.86. The van der Waals surface area contributed by atoms with Crippen LogP contribution in [0.4, 0.5) is 0 Å². The highest BCUT2D eigenvalue weighted by molar-refractivity contribution is 6.12. The Labute approximate surface area is 249 Å². The van der Waals surface area contributed by atoms with Gasteiger partial charge in [0.25, 0.3) is 0 Å². The molecular formula is C39H27N3O. The monoisotopic (exact) mass is 553 g/mol. The molecule has 0 saturated heterocycles. The summed E-state index contributed by atoms with van der Waals surface area (Å²) in [5, 5.41) is 2.07. The number of allylic oxidation sites excluding steroid dienone is 4. The number of furan rings is 1. The molecule has 0 fully saturated rings. The Kier molecular flexibility index (Phi) is 6.23. The third-order valence-corrected chi connectivity index (χ3v) is 8.08. The number of hydrogen-bond donors (Lipinski definition) is 0. The molecule has 2 aromatic heterocycles. The molecule has 7 aromatic rings. The van der Waals surface area contributed by atoms with Gasteiger partial charge in [-0.15, -0.1) is 0 Å². The van der Waals surface area contributed by atoms with Crippen molar-refractivity contribution in [2.45, 2.75) is 12.3 Å². The number of nitrogens with zero attached hydrogens (tertiary/aromatic N) is 3. The van der Waals surface area contributed by atoms with Gasteiger partial charge in [-0.25, -0.2) is 15.0 Å². The van der Waals surface area contributed by atoms with E-state index in [9.17, 15) is 0 Å². The summed E-state index contributed by atoms with van der Waals surface area (Å²) in [6, 6.07) is 43.4. The molecule has 43 heavy (non-hydrogen) atoms. The van der Waals surface area contributed by atoms with Crippen molar-refractivity contribution in [2.24, 2.45) is 0 Å². The number of hydrogen-bond acceptors (Lipinski definition) is 4. The lowest BCUT2D eigenvalue weighted by Gasteiger charge is -2.18. The molecule has 4 heteroatoms. The van der Waals surface area contributed by atoms with Crippen LogP contribution in [0.2, 0.25) is 0 Å². The molecule has 5 aromatic carbocycles. The topological polar surface area (TPSA) is 51.8 Å². The normalized spacial score (nSPS) is 14.7. The largest absolute Gasteiger partial charge is 0.456 e. The molecular weight excluding hydrogens is 526 g/mol. The highest BCUT2D eigenvalue weighted by Crippen LogP contribution is 2.40. The van der Waals surface area contributed by atoms with E-state index < -0.39 is 0 Å². The number of aromatic nitrogens is 3. The first-order chi connectivity index (χ1) is 21.3. The van der Waals surface area contributed by atoms with Gasteiger partial charge in [0.2, 0.25) is 0 Å². The third-order valence-electron chi connectivity index (χ3n) is 8.08. The second kappa shape index (κ2) is 10.7. The van der Waals surface area contributed by atoms with Crippen LogP contribution in [0.3, 0.4) is 0 Å². The minimum absolute atomic E-state index is 0.202. The molecule has 0 radical (unpaired) electrons. The molecule has 204 valence electrons. The van der Waals surface area contributed by atoms with Gasteiger partial charge in [0.05, 0.1) is 0 Å². The molecule has 1 aliphatic rings. The average molecular weight is 554 g/mol. The van der Waals surface area contributed by atoms with E-state index in [1.165, 1.54) is 16.7 Å². The molecule has 0 spiro atoms. The van der Waals surface area contributed by atoms with Gasteiger partial charge in [-0.2, -0.15) is 0 Å². The second-order valence-corrected chi connectivity index (χ2v) is 10.8. The summed E-state index contributed by atoms with van der Waals surface area (Å²) in [5.74, 6) is 2.12. The average Bonchev–Trinajstić information content (AvgIpc) is 3.47. The van der Waals surface area contributed by atoms with Crippen LogP contribution in [-0.2, 0) is 0 Å². The van der Waals surface area contributed by atoms with Gasteiger partial charge < -0.3 is 4.42 Å². The van der Waals surface area contributed by atoms with Crippen molar-refractivity contribution in [3.8, 4) is 34.2 Å². The summed E-state index contributed by atoms with van der Waals surface area (Å²) >= 11 is 0. The quantitative estimate of drug-likeness (QED) is 0.213. The van der Waals surface area contributed by atoms with Crippen molar-refractivity contribution in [1.29, 1.82) is 0 Å². The fourth-order valence-electron chi connectivity index (χ4n) is 5.91. The summed E-state index contributed by atoms with van der Waals surface area (Å²) in [7, 11) is 0. The zero-order valence-corrected chi connectivity index (χ0v) is 23.4. The zero-order chi connectivity index (χ0) is 28.6. The van der Waals surface area contributed by atoms with Crippen LogP contribution in [-0.4, -0.2) is 15.0 Å². The minimum Gasteiger partial charge on any atom is -0.456 e.